The van der Waals surface area contributed by atoms with E-state index in [9.17, 15) is 4.79 Å². The second kappa shape index (κ2) is 8.65. The first-order valence-corrected chi connectivity index (χ1v) is 8.66. The van der Waals surface area contributed by atoms with Gasteiger partial charge in [-0.1, -0.05) is 36.4 Å². The van der Waals surface area contributed by atoms with Crippen LogP contribution in [0.1, 0.15) is 37.8 Å². The number of carbonyl (C=O) groups is 1. The summed E-state index contributed by atoms with van der Waals surface area (Å²) in [5, 5.41) is 2.43. The molecule has 0 radical (unpaired) electrons. The first-order valence-electron chi connectivity index (χ1n) is 8.66. The Morgan fingerprint density at radius 2 is 1.92 bits per heavy atom. The molecule has 0 spiro atoms. The Morgan fingerprint density at radius 1 is 1.24 bits per heavy atom. The monoisotopic (exact) mass is 362 g/mol. The molecule has 1 saturated carbocycles. The molecule has 1 amide bonds. The standard InChI is InChI=1S/C20H26N2O2.ClH/c1-14(16-8-7-15-5-3-4-6-17(15)11-16)22(18-9-10-18)20(23)12-19(13-21)24-2;/h3-8,11,14,18-19H,9-10,12-13,21H2,1-2H3;1H. The SMILES string of the molecule is COC(CN)CC(=O)N(C1CC1)C(C)c1ccc2ccccc2c1.Cl. The van der Waals surface area contributed by atoms with Crippen molar-refractivity contribution in [2.75, 3.05) is 13.7 Å². The number of nitrogens with zero attached hydrogens (tertiary/aromatic N) is 1. The molecule has 2 aromatic rings. The molecule has 0 heterocycles. The van der Waals surface area contributed by atoms with Crippen LogP contribution in [0.25, 0.3) is 10.8 Å². The predicted molar refractivity (Wildman–Crippen MR) is 104 cm³/mol. The van der Waals surface area contributed by atoms with E-state index in [1.165, 1.54) is 16.3 Å². The summed E-state index contributed by atoms with van der Waals surface area (Å²) in [6.45, 7) is 2.48. The lowest BCUT2D eigenvalue weighted by atomic mass is 10.0. The Balaban J connectivity index is 0.00000225. The zero-order valence-corrected chi connectivity index (χ0v) is 15.7. The fourth-order valence-corrected chi connectivity index (χ4v) is 3.28. The average Bonchev–Trinajstić information content (AvgIpc) is 3.44. The number of ether oxygens (including phenoxy) is 1. The van der Waals surface area contributed by atoms with E-state index in [0.29, 0.717) is 19.0 Å². The highest BCUT2D eigenvalue weighted by Crippen LogP contribution is 2.35. The summed E-state index contributed by atoms with van der Waals surface area (Å²) >= 11 is 0. The zero-order chi connectivity index (χ0) is 17.1. The average molecular weight is 363 g/mol. The van der Waals surface area contributed by atoms with Gasteiger partial charge in [0.05, 0.1) is 18.6 Å². The van der Waals surface area contributed by atoms with Gasteiger partial charge in [0.25, 0.3) is 0 Å². The Hall–Kier alpha value is -1.62. The van der Waals surface area contributed by atoms with E-state index in [2.05, 4.69) is 37.3 Å². The number of hydrogen-bond acceptors (Lipinski definition) is 3. The number of hydrogen-bond donors (Lipinski definition) is 1. The summed E-state index contributed by atoms with van der Waals surface area (Å²) in [6, 6.07) is 15.2. The first-order chi connectivity index (χ1) is 11.6. The topological polar surface area (TPSA) is 55.6 Å². The molecule has 25 heavy (non-hydrogen) atoms. The van der Waals surface area contributed by atoms with E-state index in [0.717, 1.165) is 12.8 Å². The van der Waals surface area contributed by atoms with Crippen LogP contribution in [0.3, 0.4) is 0 Å². The van der Waals surface area contributed by atoms with Crippen molar-refractivity contribution >= 4 is 29.1 Å². The van der Waals surface area contributed by atoms with Crippen LogP contribution in [-0.4, -0.2) is 36.6 Å². The molecule has 0 saturated heterocycles. The van der Waals surface area contributed by atoms with E-state index in [-0.39, 0.29) is 30.5 Å². The number of rotatable bonds is 7. The summed E-state index contributed by atoms with van der Waals surface area (Å²) in [7, 11) is 1.61. The van der Waals surface area contributed by atoms with Gasteiger partial charge in [0.1, 0.15) is 0 Å². The van der Waals surface area contributed by atoms with Gasteiger partial charge >= 0.3 is 0 Å². The number of nitrogens with two attached hydrogens (primary N) is 1. The summed E-state index contributed by atoms with van der Waals surface area (Å²) in [6.07, 6.45) is 2.32. The molecule has 0 aromatic heterocycles. The van der Waals surface area contributed by atoms with E-state index in [4.69, 9.17) is 10.5 Å². The Morgan fingerprint density at radius 3 is 2.52 bits per heavy atom. The lowest BCUT2D eigenvalue weighted by molar-refractivity contribution is -0.136. The van der Waals surface area contributed by atoms with Gasteiger partial charge in [-0.2, -0.15) is 0 Å². The van der Waals surface area contributed by atoms with Gasteiger partial charge in [-0.3, -0.25) is 4.79 Å². The second-order valence-corrected chi connectivity index (χ2v) is 6.61. The van der Waals surface area contributed by atoms with Gasteiger partial charge in [0, 0.05) is 19.7 Å². The fourth-order valence-electron chi connectivity index (χ4n) is 3.28. The van der Waals surface area contributed by atoms with E-state index >= 15 is 0 Å². The van der Waals surface area contributed by atoms with Gasteiger partial charge in [0.15, 0.2) is 0 Å². The molecule has 1 fully saturated rings. The lowest BCUT2D eigenvalue weighted by Crippen LogP contribution is -2.39. The van der Waals surface area contributed by atoms with Gasteiger partial charge in [-0.25, -0.2) is 0 Å². The molecule has 0 bridgehead atoms. The molecule has 2 unspecified atom stereocenters. The number of amides is 1. The molecule has 2 N–H and O–H groups in total. The van der Waals surface area contributed by atoms with Crippen molar-refractivity contribution in [3.8, 4) is 0 Å². The lowest BCUT2D eigenvalue weighted by Gasteiger charge is -2.31. The number of fused-ring (bicyclic) bond motifs is 1. The summed E-state index contributed by atoms with van der Waals surface area (Å²) in [4.78, 5) is 14.9. The maximum Gasteiger partial charge on any atom is 0.225 e. The quantitative estimate of drug-likeness (QED) is 0.817. The Kier molecular flexibility index (Phi) is 6.82. The third-order valence-corrected chi connectivity index (χ3v) is 4.90. The highest BCUT2D eigenvalue weighted by atomic mass is 35.5. The van der Waals surface area contributed by atoms with E-state index in [1.54, 1.807) is 7.11 Å². The van der Waals surface area contributed by atoms with Gasteiger partial charge in [-0.05, 0) is 42.2 Å². The van der Waals surface area contributed by atoms with Crippen LogP contribution in [0.4, 0.5) is 0 Å². The largest absolute Gasteiger partial charge is 0.380 e. The molecule has 0 aliphatic heterocycles. The molecule has 5 heteroatoms. The van der Waals surface area contributed by atoms with E-state index in [1.807, 2.05) is 17.0 Å². The first kappa shape index (κ1) is 19.7. The van der Waals surface area contributed by atoms with Crippen molar-refractivity contribution < 1.29 is 9.53 Å². The van der Waals surface area contributed by atoms with Crippen molar-refractivity contribution in [3.63, 3.8) is 0 Å². The van der Waals surface area contributed by atoms with Crippen LogP contribution < -0.4 is 5.73 Å². The minimum atomic E-state index is -0.206. The van der Waals surface area contributed by atoms with Crippen LogP contribution in [0, 0.1) is 0 Å². The van der Waals surface area contributed by atoms with Gasteiger partial charge < -0.3 is 15.4 Å². The summed E-state index contributed by atoms with van der Waals surface area (Å²) < 4.78 is 5.29. The van der Waals surface area contributed by atoms with Gasteiger partial charge in [-0.15, -0.1) is 12.4 Å². The minimum Gasteiger partial charge on any atom is -0.380 e. The van der Waals surface area contributed by atoms with Crippen molar-refractivity contribution in [1.29, 1.82) is 0 Å². The third-order valence-electron chi connectivity index (χ3n) is 4.90. The molecule has 1 aliphatic rings. The van der Waals surface area contributed by atoms with E-state index < -0.39 is 0 Å². The minimum absolute atomic E-state index is 0. The van der Waals surface area contributed by atoms with Crippen molar-refractivity contribution in [2.24, 2.45) is 5.73 Å². The number of benzene rings is 2. The van der Waals surface area contributed by atoms with Crippen LogP contribution in [0.2, 0.25) is 0 Å². The maximum atomic E-state index is 12.8. The predicted octanol–water partition coefficient (Wildman–Crippen LogP) is 3.68. The third kappa shape index (κ3) is 4.51. The number of halogens is 1. The fraction of sp³-hybridized carbons (Fsp3) is 0.450. The van der Waals surface area contributed by atoms with Gasteiger partial charge in [0.2, 0.25) is 5.91 Å². The molecular weight excluding hydrogens is 336 g/mol. The van der Waals surface area contributed by atoms with Crippen LogP contribution in [-0.2, 0) is 9.53 Å². The van der Waals surface area contributed by atoms with Crippen LogP contribution in [0.5, 0.6) is 0 Å². The normalized spacial score (nSPS) is 16.1. The maximum absolute atomic E-state index is 12.8. The molecular formula is C20H27ClN2O2. The van der Waals surface area contributed by atoms with Crippen LogP contribution in [0.15, 0.2) is 42.5 Å². The van der Waals surface area contributed by atoms with Crippen molar-refractivity contribution in [3.05, 3.63) is 48.0 Å². The highest BCUT2D eigenvalue weighted by Gasteiger charge is 2.36. The van der Waals surface area contributed by atoms with Crippen LogP contribution >= 0.6 is 12.4 Å². The molecule has 4 nitrogen and oxygen atoms in total. The molecule has 2 aromatic carbocycles. The van der Waals surface area contributed by atoms with Crippen molar-refractivity contribution in [2.45, 2.75) is 44.4 Å². The zero-order valence-electron chi connectivity index (χ0n) is 14.9. The molecule has 136 valence electrons. The smallest absolute Gasteiger partial charge is 0.225 e. The second-order valence-electron chi connectivity index (χ2n) is 6.61. The molecule has 2 atom stereocenters. The highest BCUT2D eigenvalue weighted by molar-refractivity contribution is 5.85. The Bertz CT molecular complexity index is 714. The van der Waals surface area contributed by atoms with Crippen molar-refractivity contribution in [1.82, 2.24) is 4.90 Å². The Labute approximate surface area is 155 Å². The number of methoxy groups -OCH3 is 1. The summed E-state index contributed by atoms with van der Waals surface area (Å²) in [5.74, 6) is 0.135. The molecule has 1 aliphatic carbocycles. The number of carbonyl (C=O) groups excluding carboxylic acids is 1. The molecule has 3 rings (SSSR count). The summed E-state index contributed by atoms with van der Waals surface area (Å²) in [5.41, 5.74) is 6.85.